The molecule has 8 heteroatoms. The van der Waals surface area contributed by atoms with Crippen molar-refractivity contribution in [2.75, 3.05) is 31.9 Å². The molecule has 1 aliphatic heterocycles. The smallest absolute Gasteiger partial charge is 0.194 e. The Hall–Kier alpha value is -1.80. The highest BCUT2D eigenvalue weighted by atomic mass is 32.2. The molecule has 0 aromatic carbocycles. The molecule has 2 aromatic rings. The number of hydrogen-bond acceptors (Lipinski definition) is 5. The van der Waals surface area contributed by atoms with E-state index < -0.39 is 14.6 Å². The minimum absolute atomic E-state index is 0.157. The van der Waals surface area contributed by atoms with Crippen LogP contribution in [0.3, 0.4) is 0 Å². The summed E-state index contributed by atoms with van der Waals surface area (Å²) in [6.45, 7) is 5.86. The van der Waals surface area contributed by atoms with Crippen LogP contribution in [0.15, 0.2) is 45.3 Å². The SMILES string of the molecule is CC1(C)CN(C(=NCCc2cccs2)NCCc2ccco2)CCS1(=O)=O. The summed E-state index contributed by atoms with van der Waals surface area (Å²) in [5, 5.41) is 5.47. The van der Waals surface area contributed by atoms with E-state index in [0.29, 0.717) is 26.2 Å². The quantitative estimate of drug-likeness (QED) is 0.586. The average Bonchev–Trinajstić information content (AvgIpc) is 3.30. The molecule has 3 heterocycles. The molecule has 2 aromatic heterocycles. The van der Waals surface area contributed by atoms with Crippen LogP contribution in [0.1, 0.15) is 24.5 Å². The van der Waals surface area contributed by atoms with Crippen LogP contribution in [0.4, 0.5) is 0 Å². The van der Waals surface area contributed by atoms with Gasteiger partial charge in [0.1, 0.15) is 5.76 Å². The predicted molar refractivity (Wildman–Crippen MR) is 110 cm³/mol. The lowest BCUT2D eigenvalue weighted by molar-refractivity contribution is 0.352. The van der Waals surface area contributed by atoms with Gasteiger partial charge in [0.2, 0.25) is 0 Å². The normalized spacial score (nSPS) is 19.2. The van der Waals surface area contributed by atoms with Crippen LogP contribution in [0, 0.1) is 0 Å². The Bertz CT molecular complexity index is 841. The summed E-state index contributed by atoms with van der Waals surface area (Å²) < 4.78 is 29.2. The zero-order valence-electron chi connectivity index (χ0n) is 15.8. The summed E-state index contributed by atoms with van der Waals surface area (Å²) in [5.41, 5.74) is 0. The van der Waals surface area contributed by atoms with Gasteiger partial charge in [0.15, 0.2) is 15.8 Å². The maximum Gasteiger partial charge on any atom is 0.194 e. The summed E-state index contributed by atoms with van der Waals surface area (Å²) in [5.74, 6) is 1.85. The van der Waals surface area contributed by atoms with Crippen LogP contribution in [0.5, 0.6) is 0 Å². The van der Waals surface area contributed by atoms with Crippen molar-refractivity contribution in [3.05, 3.63) is 46.5 Å². The number of nitrogens with one attached hydrogen (secondary N) is 1. The van der Waals surface area contributed by atoms with Gasteiger partial charge in [-0.1, -0.05) is 6.07 Å². The van der Waals surface area contributed by atoms with E-state index in [1.54, 1.807) is 31.4 Å². The van der Waals surface area contributed by atoms with Crippen molar-refractivity contribution in [1.29, 1.82) is 0 Å². The van der Waals surface area contributed by atoms with Crippen molar-refractivity contribution >= 4 is 27.1 Å². The van der Waals surface area contributed by atoms with Gasteiger partial charge in [0, 0.05) is 43.9 Å². The van der Waals surface area contributed by atoms with Crippen molar-refractivity contribution in [3.63, 3.8) is 0 Å². The fourth-order valence-corrected chi connectivity index (χ4v) is 5.14. The van der Waals surface area contributed by atoms with E-state index in [1.165, 1.54) is 4.88 Å². The summed E-state index contributed by atoms with van der Waals surface area (Å²) >= 11 is 1.73. The highest BCUT2D eigenvalue weighted by molar-refractivity contribution is 7.92. The highest BCUT2D eigenvalue weighted by Gasteiger charge is 2.40. The van der Waals surface area contributed by atoms with E-state index in [-0.39, 0.29) is 5.75 Å². The molecule has 1 N–H and O–H groups in total. The van der Waals surface area contributed by atoms with Crippen LogP contribution in [0.2, 0.25) is 0 Å². The van der Waals surface area contributed by atoms with Gasteiger partial charge in [-0.05, 0) is 37.4 Å². The molecule has 0 spiro atoms. The first-order valence-electron chi connectivity index (χ1n) is 9.18. The summed E-state index contributed by atoms with van der Waals surface area (Å²) in [4.78, 5) is 8.14. The van der Waals surface area contributed by atoms with Gasteiger partial charge in [-0.25, -0.2) is 8.42 Å². The Kier molecular flexibility index (Phi) is 6.26. The number of nitrogens with zero attached hydrogens (tertiary/aromatic N) is 2. The first-order chi connectivity index (χ1) is 12.9. The molecule has 0 unspecified atom stereocenters. The maximum atomic E-state index is 12.3. The fraction of sp³-hybridized carbons (Fsp3) is 0.526. The Morgan fingerprint density at radius 1 is 1.33 bits per heavy atom. The third-order valence-electron chi connectivity index (χ3n) is 4.78. The lowest BCUT2D eigenvalue weighted by atomic mass is 10.2. The molecule has 27 heavy (non-hydrogen) atoms. The minimum Gasteiger partial charge on any atom is -0.469 e. The van der Waals surface area contributed by atoms with Gasteiger partial charge in [0.25, 0.3) is 0 Å². The third kappa shape index (κ3) is 5.13. The van der Waals surface area contributed by atoms with E-state index >= 15 is 0 Å². The van der Waals surface area contributed by atoms with Crippen molar-refractivity contribution in [2.45, 2.75) is 31.4 Å². The minimum atomic E-state index is -3.08. The molecular formula is C19H27N3O3S2. The first-order valence-corrected chi connectivity index (χ1v) is 11.7. The largest absolute Gasteiger partial charge is 0.469 e. The zero-order valence-corrected chi connectivity index (χ0v) is 17.5. The third-order valence-corrected chi connectivity index (χ3v) is 8.25. The molecule has 1 fully saturated rings. The molecular weight excluding hydrogens is 382 g/mol. The zero-order chi connectivity index (χ0) is 19.3. The van der Waals surface area contributed by atoms with Gasteiger partial charge >= 0.3 is 0 Å². The van der Waals surface area contributed by atoms with E-state index in [0.717, 1.165) is 24.6 Å². The molecule has 0 aliphatic carbocycles. The van der Waals surface area contributed by atoms with Crippen molar-refractivity contribution in [2.24, 2.45) is 4.99 Å². The Labute approximate surface area is 165 Å². The van der Waals surface area contributed by atoms with E-state index in [9.17, 15) is 8.42 Å². The lowest BCUT2D eigenvalue weighted by Gasteiger charge is -2.39. The van der Waals surface area contributed by atoms with Gasteiger partial charge < -0.3 is 14.6 Å². The lowest BCUT2D eigenvalue weighted by Crippen LogP contribution is -2.57. The summed E-state index contributed by atoms with van der Waals surface area (Å²) in [6, 6.07) is 7.99. The number of thiophene rings is 1. The van der Waals surface area contributed by atoms with E-state index in [4.69, 9.17) is 9.41 Å². The standard InChI is InChI=1S/C19H27N3O3S2/c1-19(2)15-22(11-14-27(19,23)24)18(20-9-7-16-5-3-12-25-16)21-10-8-17-6-4-13-26-17/h3-6,12-13H,7-11,14-15H2,1-2H3,(H,20,21). The average molecular weight is 410 g/mol. The Morgan fingerprint density at radius 2 is 2.19 bits per heavy atom. The number of hydrogen-bond donors (Lipinski definition) is 1. The second-order valence-electron chi connectivity index (χ2n) is 7.29. The van der Waals surface area contributed by atoms with E-state index in [2.05, 4.69) is 21.7 Å². The highest BCUT2D eigenvalue weighted by Crippen LogP contribution is 2.23. The predicted octanol–water partition coefficient (Wildman–Crippen LogP) is 2.58. The van der Waals surface area contributed by atoms with Crippen LogP contribution in [-0.4, -0.2) is 56.0 Å². The number of guanidine groups is 1. The van der Waals surface area contributed by atoms with Crippen LogP contribution in [0.25, 0.3) is 0 Å². The number of aliphatic imine (C=N–C) groups is 1. The van der Waals surface area contributed by atoms with Crippen LogP contribution in [-0.2, 0) is 22.7 Å². The van der Waals surface area contributed by atoms with Crippen molar-refractivity contribution in [3.8, 4) is 0 Å². The number of sulfone groups is 1. The Morgan fingerprint density at radius 3 is 2.85 bits per heavy atom. The van der Waals surface area contributed by atoms with Crippen LogP contribution < -0.4 is 5.32 Å². The van der Waals surface area contributed by atoms with Gasteiger partial charge in [-0.3, -0.25) is 4.99 Å². The Balaban J connectivity index is 1.66. The molecule has 6 nitrogen and oxygen atoms in total. The topological polar surface area (TPSA) is 74.9 Å². The second kappa shape index (κ2) is 8.48. The molecule has 0 bridgehead atoms. The second-order valence-corrected chi connectivity index (χ2v) is 11.1. The number of rotatable bonds is 6. The molecule has 0 saturated carbocycles. The van der Waals surface area contributed by atoms with Gasteiger partial charge in [-0.2, -0.15) is 0 Å². The molecule has 1 aliphatic rings. The fourth-order valence-electron chi connectivity index (χ4n) is 3.07. The molecule has 1 saturated heterocycles. The molecule has 0 amide bonds. The maximum absolute atomic E-state index is 12.3. The first kappa shape index (κ1) is 19.9. The molecule has 148 valence electrons. The summed E-state index contributed by atoms with van der Waals surface area (Å²) in [6.07, 6.45) is 3.31. The van der Waals surface area contributed by atoms with E-state index in [1.807, 2.05) is 18.2 Å². The molecule has 0 atom stereocenters. The van der Waals surface area contributed by atoms with Gasteiger partial charge in [0.05, 0.1) is 16.8 Å². The van der Waals surface area contributed by atoms with Crippen molar-refractivity contribution in [1.82, 2.24) is 10.2 Å². The summed E-state index contributed by atoms with van der Waals surface area (Å²) in [7, 11) is -3.08. The van der Waals surface area contributed by atoms with Gasteiger partial charge in [-0.15, -0.1) is 11.3 Å². The monoisotopic (exact) mass is 409 g/mol. The van der Waals surface area contributed by atoms with Crippen LogP contribution >= 0.6 is 11.3 Å². The number of furan rings is 1. The molecule has 0 radical (unpaired) electrons. The van der Waals surface area contributed by atoms with Crippen molar-refractivity contribution < 1.29 is 12.8 Å². The molecule has 3 rings (SSSR count).